The minimum atomic E-state index is -2.85. The van der Waals surface area contributed by atoms with E-state index in [-0.39, 0.29) is 5.75 Å². The molecule has 3 nitrogen and oxygen atoms in total. The molecule has 0 amide bonds. The van der Waals surface area contributed by atoms with Gasteiger partial charge in [-0.2, -0.15) is 0 Å². The van der Waals surface area contributed by atoms with Gasteiger partial charge in [0.1, 0.15) is 0 Å². The summed E-state index contributed by atoms with van der Waals surface area (Å²) in [5.41, 5.74) is 5.16. The number of sulfone groups is 1. The first-order valence-corrected chi connectivity index (χ1v) is 13.2. The van der Waals surface area contributed by atoms with E-state index in [0.717, 1.165) is 31.3 Å². The number of hydrogen-bond donors (Lipinski definition) is 0. The summed E-state index contributed by atoms with van der Waals surface area (Å²) >= 11 is 0. The third-order valence-corrected chi connectivity index (χ3v) is 4.99. The van der Waals surface area contributed by atoms with E-state index in [9.17, 15) is 12.6 Å². The molecule has 5 heteroatoms. The van der Waals surface area contributed by atoms with Gasteiger partial charge in [0.05, 0.1) is 5.75 Å². The zero-order valence-corrected chi connectivity index (χ0v) is 20.2. The predicted molar refractivity (Wildman–Crippen MR) is 123 cm³/mol. The van der Waals surface area contributed by atoms with Crippen LogP contribution < -0.4 is 0 Å². The zero-order chi connectivity index (χ0) is 21.5. The molecule has 0 heterocycles. The van der Waals surface area contributed by atoms with Gasteiger partial charge in [0.15, 0.2) is 9.84 Å². The molecule has 1 unspecified atom stereocenters. The first kappa shape index (κ1) is 28.3. The van der Waals surface area contributed by atoms with E-state index in [1.165, 1.54) is 23.0 Å². The summed E-state index contributed by atoms with van der Waals surface area (Å²) in [4.78, 5) is 0. The van der Waals surface area contributed by atoms with Crippen LogP contribution in [-0.2, 0) is 20.6 Å². The third-order valence-electron chi connectivity index (χ3n) is 3.58. The molecule has 0 N–H and O–H groups in total. The fraction of sp³-hybridized carbons (Fsp3) is 0.636. The van der Waals surface area contributed by atoms with Gasteiger partial charge < -0.3 is 0 Å². The van der Waals surface area contributed by atoms with E-state index in [1.54, 1.807) is 12.3 Å². The Labute approximate surface area is 171 Å². The molecule has 0 rings (SSSR count). The maximum Gasteiger partial charge on any atom is 0.151 e. The molecule has 1 atom stereocenters. The number of hydrogen-bond acceptors (Lipinski definition) is 3. The second-order valence-corrected chi connectivity index (χ2v) is 11.2. The second kappa shape index (κ2) is 16.1. The molecule has 0 aliphatic rings. The molecule has 0 radical (unpaired) electrons. The zero-order valence-electron chi connectivity index (χ0n) is 18.6. The molecule has 0 aromatic heterocycles. The summed E-state index contributed by atoms with van der Waals surface area (Å²) in [6.45, 7) is 12.4. The Kier molecular flexibility index (Phi) is 16.8. The molecule has 0 aliphatic heterocycles. The van der Waals surface area contributed by atoms with Crippen LogP contribution in [0.5, 0.6) is 0 Å². The summed E-state index contributed by atoms with van der Waals surface area (Å²) in [5, 5.41) is 0. The number of rotatable bonds is 10. The van der Waals surface area contributed by atoms with Crippen LogP contribution in [0.25, 0.3) is 0 Å². The standard InChI is InChI=1S/C11H20O2S.C11H20OS/c1-10(2)6-5-7-11(3)8-9-14(4,12)13;1-10(2)6-5-7-11(3)8-9-13(4)12/h6,8H,5,7,9H2,1-4H3;6,8H,5,7,9H2,1-4H3/b2*11-8+. The molecule has 158 valence electrons. The molecule has 0 aromatic rings. The van der Waals surface area contributed by atoms with Gasteiger partial charge in [0.2, 0.25) is 0 Å². The number of allylic oxidation sites excluding steroid dienone is 6. The van der Waals surface area contributed by atoms with Crippen LogP contribution in [0, 0.1) is 0 Å². The van der Waals surface area contributed by atoms with Crippen LogP contribution in [0.3, 0.4) is 0 Å². The first-order valence-electron chi connectivity index (χ1n) is 9.39. The largest absolute Gasteiger partial charge is 0.260 e. The Morgan fingerprint density at radius 3 is 1.52 bits per heavy atom. The molecule has 0 aromatic carbocycles. The summed E-state index contributed by atoms with van der Waals surface area (Å²) in [7, 11) is -3.54. The fourth-order valence-electron chi connectivity index (χ4n) is 1.93. The van der Waals surface area contributed by atoms with Crippen molar-refractivity contribution >= 4 is 20.6 Å². The summed E-state index contributed by atoms with van der Waals surface area (Å²) in [6.07, 6.45) is 15.4. The van der Waals surface area contributed by atoms with Crippen molar-refractivity contribution in [1.29, 1.82) is 0 Å². The van der Waals surface area contributed by atoms with Crippen molar-refractivity contribution in [1.82, 2.24) is 0 Å². The summed E-state index contributed by atoms with van der Waals surface area (Å²) in [5.74, 6) is 0.855. The highest BCUT2D eigenvalue weighted by Crippen LogP contribution is 2.07. The quantitative estimate of drug-likeness (QED) is 0.424. The molecule has 27 heavy (non-hydrogen) atoms. The van der Waals surface area contributed by atoms with E-state index in [2.05, 4.69) is 52.8 Å². The molecule has 0 saturated heterocycles. The lowest BCUT2D eigenvalue weighted by molar-refractivity contribution is 0.604. The van der Waals surface area contributed by atoms with E-state index in [4.69, 9.17) is 0 Å². The van der Waals surface area contributed by atoms with E-state index in [1.807, 2.05) is 6.92 Å². The second-order valence-electron chi connectivity index (χ2n) is 7.57. The topological polar surface area (TPSA) is 51.2 Å². The van der Waals surface area contributed by atoms with Crippen LogP contribution in [-0.4, -0.2) is 36.6 Å². The molecule has 0 aliphatic carbocycles. The average Bonchev–Trinajstić information content (AvgIpc) is 2.50. The minimum Gasteiger partial charge on any atom is -0.260 e. The Morgan fingerprint density at radius 2 is 1.19 bits per heavy atom. The van der Waals surface area contributed by atoms with Gasteiger partial charge in [-0.05, 0) is 67.2 Å². The molecular weight excluding hydrogens is 376 g/mol. The van der Waals surface area contributed by atoms with E-state index < -0.39 is 20.6 Å². The maximum atomic E-state index is 10.9. The Bertz CT molecular complexity index is 656. The van der Waals surface area contributed by atoms with Crippen LogP contribution in [0.15, 0.2) is 46.6 Å². The molecule has 0 spiro atoms. The molecule has 0 fully saturated rings. The van der Waals surface area contributed by atoms with Crippen molar-refractivity contribution in [2.45, 2.75) is 67.2 Å². The summed E-state index contributed by atoms with van der Waals surface area (Å²) < 4.78 is 32.5. The van der Waals surface area contributed by atoms with Crippen LogP contribution in [0.1, 0.15) is 67.2 Å². The van der Waals surface area contributed by atoms with Crippen molar-refractivity contribution in [3.8, 4) is 0 Å². The third kappa shape index (κ3) is 27.4. The lowest BCUT2D eigenvalue weighted by Crippen LogP contribution is -2.00. The van der Waals surface area contributed by atoms with Crippen molar-refractivity contribution < 1.29 is 12.6 Å². The SMILES string of the molecule is CC(C)=CCC/C(C)=C/CS(C)(=O)=O.CC(C)=CCC/C(C)=C/CS(C)=O. The highest BCUT2D eigenvalue weighted by atomic mass is 32.2. The van der Waals surface area contributed by atoms with Crippen LogP contribution >= 0.6 is 0 Å². The smallest absolute Gasteiger partial charge is 0.151 e. The Hall–Kier alpha value is -0.940. The van der Waals surface area contributed by atoms with Gasteiger partial charge in [-0.15, -0.1) is 0 Å². The normalized spacial score (nSPS) is 13.3. The van der Waals surface area contributed by atoms with Gasteiger partial charge in [-0.1, -0.05) is 46.6 Å². The maximum absolute atomic E-state index is 10.9. The molecule has 0 saturated carbocycles. The highest BCUT2D eigenvalue weighted by Gasteiger charge is 1.98. The van der Waals surface area contributed by atoms with Crippen molar-refractivity contribution in [3.05, 3.63) is 46.6 Å². The van der Waals surface area contributed by atoms with Gasteiger partial charge in [-0.3, -0.25) is 4.21 Å². The van der Waals surface area contributed by atoms with Crippen molar-refractivity contribution in [2.24, 2.45) is 0 Å². The summed E-state index contributed by atoms with van der Waals surface area (Å²) in [6, 6.07) is 0. The molecular formula is C22H40O3S2. The fourth-order valence-corrected chi connectivity index (χ4v) is 3.04. The lowest BCUT2D eigenvalue weighted by Gasteiger charge is -1.98. The van der Waals surface area contributed by atoms with Gasteiger partial charge >= 0.3 is 0 Å². The van der Waals surface area contributed by atoms with E-state index in [0.29, 0.717) is 5.75 Å². The van der Waals surface area contributed by atoms with Crippen LogP contribution in [0.2, 0.25) is 0 Å². The lowest BCUT2D eigenvalue weighted by atomic mass is 10.1. The first-order chi connectivity index (χ1) is 12.3. The van der Waals surface area contributed by atoms with Gasteiger partial charge in [0.25, 0.3) is 0 Å². The molecule has 0 bridgehead atoms. The monoisotopic (exact) mass is 416 g/mol. The van der Waals surface area contributed by atoms with E-state index >= 15 is 0 Å². The van der Waals surface area contributed by atoms with Crippen molar-refractivity contribution in [3.63, 3.8) is 0 Å². The van der Waals surface area contributed by atoms with Crippen molar-refractivity contribution in [2.75, 3.05) is 24.0 Å². The minimum absolute atomic E-state index is 0.160. The van der Waals surface area contributed by atoms with Crippen LogP contribution in [0.4, 0.5) is 0 Å². The van der Waals surface area contributed by atoms with Gasteiger partial charge in [-0.25, -0.2) is 8.42 Å². The Morgan fingerprint density at radius 1 is 0.778 bits per heavy atom. The predicted octanol–water partition coefficient (Wildman–Crippen LogP) is 5.78. The average molecular weight is 417 g/mol. The Balaban J connectivity index is 0. The highest BCUT2D eigenvalue weighted by molar-refractivity contribution is 7.90. The van der Waals surface area contributed by atoms with Gasteiger partial charge in [0, 0.05) is 29.1 Å².